The summed E-state index contributed by atoms with van der Waals surface area (Å²) in [6.45, 7) is 7.16. The average molecular weight is 382 g/mol. The number of pyridine rings is 1. The Kier molecular flexibility index (Phi) is 4.99. The Bertz CT molecular complexity index is 579. The molecule has 1 N–H and O–H groups in total. The van der Waals surface area contributed by atoms with Crippen molar-refractivity contribution >= 4 is 22.6 Å². The van der Waals surface area contributed by atoms with Gasteiger partial charge in [0.25, 0.3) is 0 Å². The Labute approximate surface area is 133 Å². The van der Waals surface area contributed by atoms with Gasteiger partial charge in [0, 0.05) is 27.4 Å². The van der Waals surface area contributed by atoms with Crippen molar-refractivity contribution in [3.63, 3.8) is 0 Å². The summed E-state index contributed by atoms with van der Waals surface area (Å²) in [5.41, 5.74) is 1.12. The van der Waals surface area contributed by atoms with Crippen molar-refractivity contribution in [1.29, 1.82) is 0 Å². The molecular weight excluding hydrogens is 363 g/mol. The molecule has 0 atom stereocenters. The number of nitrogens with one attached hydrogen (secondary N) is 1. The van der Waals surface area contributed by atoms with Gasteiger partial charge in [0.2, 0.25) is 5.88 Å². The van der Waals surface area contributed by atoms with Gasteiger partial charge in [-0.2, -0.15) is 0 Å². The zero-order valence-corrected chi connectivity index (χ0v) is 14.1. The maximum atomic E-state index is 5.90. The lowest BCUT2D eigenvalue weighted by molar-refractivity contribution is 0.409. The third-order valence-electron chi connectivity index (χ3n) is 2.67. The first kappa shape index (κ1) is 15.3. The van der Waals surface area contributed by atoms with Crippen LogP contribution in [-0.2, 0) is 6.54 Å². The second-order valence-electron chi connectivity index (χ2n) is 5.63. The van der Waals surface area contributed by atoms with Crippen LogP contribution in [0.4, 0.5) is 0 Å². The number of aromatic nitrogens is 1. The molecule has 0 saturated carbocycles. The van der Waals surface area contributed by atoms with Gasteiger partial charge in [0.15, 0.2) is 0 Å². The molecule has 4 heteroatoms. The first-order chi connectivity index (χ1) is 9.44. The Morgan fingerprint density at radius 1 is 1.20 bits per heavy atom. The lowest BCUT2D eigenvalue weighted by atomic mass is 10.1. The van der Waals surface area contributed by atoms with E-state index in [0.29, 0.717) is 5.88 Å². The standard InChI is InChI=1S/C16H19IN2O/c1-16(2,3)19-11-12-6-5-9-18-15(12)20-14-8-4-7-13(17)10-14/h4-10,19H,11H2,1-3H3. The highest BCUT2D eigenvalue weighted by Crippen LogP contribution is 2.24. The smallest absolute Gasteiger partial charge is 0.223 e. The van der Waals surface area contributed by atoms with Gasteiger partial charge < -0.3 is 10.1 Å². The van der Waals surface area contributed by atoms with Gasteiger partial charge >= 0.3 is 0 Å². The molecule has 0 spiro atoms. The minimum atomic E-state index is 0.0647. The van der Waals surface area contributed by atoms with E-state index in [0.717, 1.165) is 21.4 Å². The molecule has 1 heterocycles. The van der Waals surface area contributed by atoms with Crippen molar-refractivity contribution in [2.75, 3.05) is 0 Å². The van der Waals surface area contributed by atoms with Gasteiger partial charge in [-0.05, 0) is 67.6 Å². The summed E-state index contributed by atoms with van der Waals surface area (Å²) in [5.74, 6) is 1.47. The van der Waals surface area contributed by atoms with Crippen molar-refractivity contribution in [3.05, 3.63) is 51.7 Å². The monoisotopic (exact) mass is 382 g/mol. The molecule has 0 bridgehead atoms. The Balaban J connectivity index is 2.15. The minimum Gasteiger partial charge on any atom is -0.439 e. The second-order valence-corrected chi connectivity index (χ2v) is 6.88. The molecule has 0 saturated heterocycles. The molecule has 2 rings (SSSR count). The summed E-state index contributed by atoms with van der Waals surface area (Å²) >= 11 is 2.27. The van der Waals surface area contributed by atoms with Crippen LogP contribution in [-0.4, -0.2) is 10.5 Å². The highest BCUT2D eigenvalue weighted by atomic mass is 127. The van der Waals surface area contributed by atoms with Crippen LogP contribution < -0.4 is 10.1 Å². The molecule has 1 aromatic carbocycles. The molecule has 2 aromatic rings. The molecule has 0 radical (unpaired) electrons. The van der Waals surface area contributed by atoms with Crippen molar-refractivity contribution < 1.29 is 4.74 Å². The molecule has 20 heavy (non-hydrogen) atoms. The van der Waals surface area contributed by atoms with E-state index in [1.165, 1.54) is 0 Å². The van der Waals surface area contributed by atoms with Crippen LogP contribution in [0.15, 0.2) is 42.6 Å². The molecule has 0 fully saturated rings. The number of rotatable bonds is 4. The zero-order valence-electron chi connectivity index (χ0n) is 12.0. The quantitative estimate of drug-likeness (QED) is 0.798. The zero-order chi connectivity index (χ0) is 14.6. The van der Waals surface area contributed by atoms with Crippen LogP contribution in [0.3, 0.4) is 0 Å². The normalized spacial score (nSPS) is 11.4. The third-order valence-corrected chi connectivity index (χ3v) is 3.34. The SMILES string of the molecule is CC(C)(C)NCc1cccnc1Oc1cccc(I)c1. The van der Waals surface area contributed by atoms with E-state index in [-0.39, 0.29) is 5.54 Å². The van der Waals surface area contributed by atoms with Crippen LogP contribution in [0, 0.1) is 3.57 Å². The molecule has 0 aliphatic rings. The number of halogens is 1. The fourth-order valence-corrected chi connectivity index (χ4v) is 2.17. The van der Waals surface area contributed by atoms with Crippen LogP contribution in [0.2, 0.25) is 0 Å². The first-order valence-corrected chi connectivity index (χ1v) is 7.64. The van der Waals surface area contributed by atoms with Gasteiger partial charge in [0.05, 0.1) is 0 Å². The van der Waals surface area contributed by atoms with E-state index >= 15 is 0 Å². The number of hydrogen-bond donors (Lipinski definition) is 1. The van der Waals surface area contributed by atoms with Crippen LogP contribution in [0.1, 0.15) is 26.3 Å². The largest absolute Gasteiger partial charge is 0.439 e. The van der Waals surface area contributed by atoms with E-state index in [9.17, 15) is 0 Å². The number of ether oxygens (including phenoxy) is 1. The minimum absolute atomic E-state index is 0.0647. The van der Waals surface area contributed by atoms with E-state index in [2.05, 4.69) is 53.7 Å². The fourth-order valence-electron chi connectivity index (χ4n) is 1.65. The van der Waals surface area contributed by atoms with Gasteiger partial charge in [0.1, 0.15) is 5.75 Å². The van der Waals surface area contributed by atoms with Crippen LogP contribution in [0.5, 0.6) is 11.6 Å². The Hall–Kier alpha value is -1.14. The average Bonchev–Trinajstić information content (AvgIpc) is 2.37. The van der Waals surface area contributed by atoms with Gasteiger partial charge in [-0.25, -0.2) is 4.98 Å². The van der Waals surface area contributed by atoms with Crippen molar-refractivity contribution in [2.45, 2.75) is 32.9 Å². The number of benzene rings is 1. The number of hydrogen-bond acceptors (Lipinski definition) is 3. The Morgan fingerprint density at radius 2 is 2.00 bits per heavy atom. The van der Waals surface area contributed by atoms with Crippen LogP contribution in [0.25, 0.3) is 0 Å². The fraction of sp³-hybridized carbons (Fsp3) is 0.312. The maximum Gasteiger partial charge on any atom is 0.223 e. The molecule has 0 aliphatic heterocycles. The second kappa shape index (κ2) is 6.54. The predicted molar refractivity (Wildman–Crippen MR) is 90.1 cm³/mol. The summed E-state index contributed by atoms with van der Waals surface area (Å²) in [4.78, 5) is 4.34. The molecule has 0 unspecified atom stereocenters. The van der Waals surface area contributed by atoms with Crippen LogP contribution >= 0.6 is 22.6 Å². The maximum absolute atomic E-state index is 5.90. The molecule has 0 aliphatic carbocycles. The lowest BCUT2D eigenvalue weighted by Crippen LogP contribution is -2.35. The van der Waals surface area contributed by atoms with Gasteiger partial charge in [-0.3, -0.25) is 0 Å². The summed E-state index contributed by atoms with van der Waals surface area (Å²) in [7, 11) is 0. The van der Waals surface area contributed by atoms with Crippen molar-refractivity contribution in [2.24, 2.45) is 0 Å². The third kappa shape index (κ3) is 4.76. The van der Waals surface area contributed by atoms with E-state index in [4.69, 9.17) is 4.74 Å². The van der Waals surface area contributed by atoms with Crippen molar-refractivity contribution in [1.82, 2.24) is 10.3 Å². The molecule has 3 nitrogen and oxygen atoms in total. The lowest BCUT2D eigenvalue weighted by Gasteiger charge is -2.21. The highest BCUT2D eigenvalue weighted by Gasteiger charge is 2.12. The summed E-state index contributed by atoms with van der Waals surface area (Å²) in [5, 5.41) is 3.45. The highest BCUT2D eigenvalue weighted by molar-refractivity contribution is 14.1. The summed E-state index contributed by atoms with van der Waals surface area (Å²) < 4.78 is 7.04. The van der Waals surface area contributed by atoms with E-state index < -0.39 is 0 Å². The van der Waals surface area contributed by atoms with Gasteiger partial charge in [-0.15, -0.1) is 0 Å². The molecule has 0 amide bonds. The Morgan fingerprint density at radius 3 is 2.70 bits per heavy atom. The summed E-state index contributed by atoms with van der Waals surface area (Å²) in [6, 6.07) is 11.9. The molecule has 106 valence electrons. The predicted octanol–water partition coefficient (Wildman–Crippen LogP) is 4.37. The first-order valence-electron chi connectivity index (χ1n) is 6.56. The molecule has 1 aromatic heterocycles. The van der Waals surface area contributed by atoms with Gasteiger partial charge in [-0.1, -0.05) is 12.1 Å². The topological polar surface area (TPSA) is 34.2 Å². The van der Waals surface area contributed by atoms with E-state index in [1.54, 1.807) is 6.20 Å². The number of nitrogens with zero attached hydrogens (tertiary/aromatic N) is 1. The van der Waals surface area contributed by atoms with Crippen molar-refractivity contribution in [3.8, 4) is 11.6 Å². The summed E-state index contributed by atoms with van der Waals surface area (Å²) in [6.07, 6.45) is 1.75. The van der Waals surface area contributed by atoms with E-state index in [1.807, 2.05) is 36.4 Å². The molecular formula is C16H19IN2O.